The number of benzene rings is 2. The fourth-order valence-electron chi connectivity index (χ4n) is 2.64. The summed E-state index contributed by atoms with van der Waals surface area (Å²) in [4.78, 5) is 12.7. The average Bonchev–Trinajstić information content (AvgIpc) is 2.58. The maximum atomic E-state index is 13.3. The van der Waals surface area contributed by atoms with Crippen molar-refractivity contribution >= 4 is 5.97 Å². The van der Waals surface area contributed by atoms with E-state index in [4.69, 9.17) is 14.2 Å². The number of methoxy groups -OCH3 is 1. The number of carbonyl (C=O) groups excluding carboxylic acids is 1. The van der Waals surface area contributed by atoms with Crippen LogP contribution in [0, 0.1) is 6.92 Å². The highest BCUT2D eigenvalue weighted by atomic mass is 19.4. The van der Waals surface area contributed by atoms with Gasteiger partial charge < -0.3 is 18.9 Å². The average molecular weight is 466 g/mol. The third-order valence-electron chi connectivity index (χ3n) is 3.82. The number of hydrogen-bond acceptors (Lipinski definition) is 5. The van der Waals surface area contributed by atoms with Gasteiger partial charge in [0.1, 0.15) is 22.7 Å². The molecular formula is C21H20F6O5. The molecule has 32 heavy (non-hydrogen) atoms. The van der Waals surface area contributed by atoms with Gasteiger partial charge in [0.15, 0.2) is 11.5 Å². The van der Waals surface area contributed by atoms with Crippen molar-refractivity contribution in [2.24, 2.45) is 0 Å². The molecule has 0 atom stereocenters. The molecule has 0 saturated carbocycles. The van der Waals surface area contributed by atoms with Gasteiger partial charge in [0.25, 0.3) is 0 Å². The second-order valence-corrected chi connectivity index (χ2v) is 7.63. The van der Waals surface area contributed by atoms with E-state index in [9.17, 15) is 31.1 Å². The zero-order valence-electron chi connectivity index (χ0n) is 17.7. The van der Waals surface area contributed by atoms with Crippen LogP contribution in [-0.2, 0) is 10.9 Å². The number of carbonyl (C=O) groups is 1. The standard InChI is InChI=1S/C21H20F6O5/c1-11-8-12(20(22,23)24)9-16(17(11)18(28)32-19(2,3)4)30-14-7-6-13(10-15(14)29-5)31-21(25,26)27/h6-10H,1-5H3. The van der Waals surface area contributed by atoms with Crippen molar-refractivity contribution in [3.8, 4) is 23.0 Å². The lowest BCUT2D eigenvalue weighted by molar-refractivity contribution is -0.274. The molecule has 0 spiro atoms. The Morgan fingerprint density at radius 1 is 0.875 bits per heavy atom. The van der Waals surface area contributed by atoms with Gasteiger partial charge in [-0.1, -0.05) is 0 Å². The summed E-state index contributed by atoms with van der Waals surface area (Å²) in [5.41, 5.74) is -2.38. The van der Waals surface area contributed by atoms with Gasteiger partial charge in [-0.3, -0.25) is 0 Å². The summed E-state index contributed by atoms with van der Waals surface area (Å²) >= 11 is 0. The van der Waals surface area contributed by atoms with Crippen LogP contribution in [0.4, 0.5) is 26.3 Å². The minimum atomic E-state index is -4.96. The van der Waals surface area contributed by atoms with E-state index in [-0.39, 0.29) is 22.6 Å². The van der Waals surface area contributed by atoms with Gasteiger partial charge in [0, 0.05) is 6.07 Å². The minimum absolute atomic E-state index is 0.0694. The molecule has 0 unspecified atom stereocenters. The first-order chi connectivity index (χ1) is 14.5. The Morgan fingerprint density at radius 3 is 2.00 bits per heavy atom. The third kappa shape index (κ3) is 6.69. The monoisotopic (exact) mass is 466 g/mol. The number of aryl methyl sites for hydroxylation is 1. The summed E-state index contributed by atoms with van der Waals surface area (Å²) < 4.78 is 96.9. The smallest absolute Gasteiger partial charge is 0.493 e. The molecule has 0 fully saturated rings. The molecule has 0 bridgehead atoms. The molecule has 2 rings (SSSR count). The van der Waals surface area contributed by atoms with Gasteiger partial charge in [0.2, 0.25) is 0 Å². The van der Waals surface area contributed by atoms with Crippen molar-refractivity contribution in [3.63, 3.8) is 0 Å². The summed E-state index contributed by atoms with van der Waals surface area (Å²) in [7, 11) is 1.12. The van der Waals surface area contributed by atoms with Crippen LogP contribution in [0.25, 0.3) is 0 Å². The lowest BCUT2D eigenvalue weighted by Crippen LogP contribution is -2.25. The zero-order valence-corrected chi connectivity index (χ0v) is 17.7. The first-order valence-corrected chi connectivity index (χ1v) is 9.07. The van der Waals surface area contributed by atoms with E-state index in [0.717, 1.165) is 31.4 Å². The molecular weight excluding hydrogens is 446 g/mol. The van der Waals surface area contributed by atoms with Crippen LogP contribution in [0.5, 0.6) is 23.0 Å². The molecule has 0 radical (unpaired) electrons. The van der Waals surface area contributed by atoms with E-state index in [2.05, 4.69) is 4.74 Å². The fourth-order valence-corrected chi connectivity index (χ4v) is 2.64. The number of hydrogen-bond donors (Lipinski definition) is 0. The van der Waals surface area contributed by atoms with Gasteiger partial charge in [-0.05, 0) is 57.5 Å². The van der Waals surface area contributed by atoms with Crippen molar-refractivity contribution in [3.05, 3.63) is 47.0 Å². The van der Waals surface area contributed by atoms with Crippen molar-refractivity contribution < 1.29 is 50.1 Å². The van der Waals surface area contributed by atoms with Crippen molar-refractivity contribution in [2.75, 3.05) is 7.11 Å². The number of alkyl halides is 6. The molecule has 2 aromatic rings. The van der Waals surface area contributed by atoms with Crippen LogP contribution in [0.15, 0.2) is 30.3 Å². The van der Waals surface area contributed by atoms with E-state index in [1.54, 1.807) is 20.8 Å². The number of ether oxygens (including phenoxy) is 4. The van der Waals surface area contributed by atoms with Crippen LogP contribution in [-0.4, -0.2) is 25.0 Å². The lowest BCUT2D eigenvalue weighted by atomic mass is 10.0. The van der Waals surface area contributed by atoms with E-state index in [0.29, 0.717) is 6.07 Å². The molecule has 0 aromatic heterocycles. The summed E-state index contributed by atoms with van der Waals surface area (Å²) in [6.45, 7) is 6.01. The molecule has 0 aliphatic rings. The molecule has 0 heterocycles. The summed E-state index contributed by atoms with van der Waals surface area (Å²) in [5.74, 6) is -2.58. The molecule has 0 aliphatic heterocycles. The SMILES string of the molecule is COc1cc(OC(F)(F)F)ccc1Oc1cc(C(F)(F)F)cc(C)c1C(=O)OC(C)(C)C. The summed E-state index contributed by atoms with van der Waals surface area (Å²) in [6, 6.07) is 4.11. The van der Waals surface area contributed by atoms with Gasteiger partial charge in [0.05, 0.1) is 12.7 Å². The maximum absolute atomic E-state index is 13.3. The highest BCUT2D eigenvalue weighted by molar-refractivity contribution is 5.94. The first-order valence-electron chi connectivity index (χ1n) is 9.07. The lowest BCUT2D eigenvalue weighted by Gasteiger charge is -2.22. The van der Waals surface area contributed by atoms with Gasteiger partial charge in [-0.25, -0.2) is 4.79 Å². The summed E-state index contributed by atoms with van der Waals surface area (Å²) in [6.07, 6.45) is -9.71. The second kappa shape index (κ2) is 8.79. The predicted molar refractivity (Wildman–Crippen MR) is 101 cm³/mol. The third-order valence-corrected chi connectivity index (χ3v) is 3.82. The molecule has 2 aromatic carbocycles. The van der Waals surface area contributed by atoms with Crippen molar-refractivity contribution in [2.45, 2.75) is 45.8 Å². The Hall–Kier alpha value is -3.11. The van der Waals surface area contributed by atoms with Crippen LogP contribution in [0.1, 0.15) is 42.3 Å². The molecule has 5 nitrogen and oxygen atoms in total. The first kappa shape index (κ1) is 25.2. The molecule has 0 amide bonds. The highest BCUT2D eigenvalue weighted by Gasteiger charge is 2.35. The predicted octanol–water partition coefficient (Wildman–Crippen LogP) is 6.67. The Morgan fingerprint density at radius 2 is 1.50 bits per heavy atom. The van der Waals surface area contributed by atoms with Gasteiger partial charge in [-0.15, -0.1) is 13.2 Å². The van der Waals surface area contributed by atoms with Gasteiger partial charge >= 0.3 is 18.5 Å². The molecule has 176 valence electrons. The molecule has 0 N–H and O–H groups in total. The van der Waals surface area contributed by atoms with E-state index < -0.39 is 41.2 Å². The van der Waals surface area contributed by atoms with Crippen LogP contribution in [0.2, 0.25) is 0 Å². The minimum Gasteiger partial charge on any atom is -0.493 e. The Kier molecular flexibility index (Phi) is 6.91. The highest BCUT2D eigenvalue weighted by Crippen LogP contribution is 2.41. The summed E-state index contributed by atoms with van der Waals surface area (Å²) in [5, 5.41) is 0. The van der Waals surface area contributed by atoms with Crippen LogP contribution < -0.4 is 14.2 Å². The number of esters is 1. The van der Waals surface area contributed by atoms with Gasteiger partial charge in [-0.2, -0.15) is 13.2 Å². The fraction of sp³-hybridized carbons (Fsp3) is 0.381. The van der Waals surface area contributed by atoms with Crippen LogP contribution in [0.3, 0.4) is 0 Å². The molecule has 0 aliphatic carbocycles. The second-order valence-electron chi connectivity index (χ2n) is 7.63. The maximum Gasteiger partial charge on any atom is 0.573 e. The molecule has 11 heteroatoms. The quantitative estimate of drug-likeness (QED) is 0.364. The van der Waals surface area contributed by atoms with E-state index in [1.165, 1.54) is 6.92 Å². The Bertz CT molecular complexity index is 990. The normalized spacial score (nSPS) is 12.3. The number of halogens is 6. The van der Waals surface area contributed by atoms with Crippen LogP contribution >= 0.6 is 0 Å². The topological polar surface area (TPSA) is 54.0 Å². The Balaban J connectivity index is 2.57. The number of rotatable bonds is 5. The molecule has 0 saturated heterocycles. The van der Waals surface area contributed by atoms with Crippen molar-refractivity contribution in [1.29, 1.82) is 0 Å². The Labute approximate surface area is 179 Å². The largest absolute Gasteiger partial charge is 0.573 e. The van der Waals surface area contributed by atoms with E-state index >= 15 is 0 Å². The van der Waals surface area contributed by atoms with Crippen molar-refractivity contribution in [1.82, 2.24) is 0 Å². The zero-order chi connectivity index (χ0) is 24.5. The van der Waals surface area contributed by atoms with E-state index in [1.807, 2.05) is 0 Å².